The first kappa shape index (κ1) is 35.7. The summed E-state index contributed by atoms with van der Waals surface area (Å²) in [5.41, 5.74) is 11.1. The van der Waals surface area contributed by atoms with E-state index in [0.29, 0.717) is 17.5 Å². The van der Waals surface area contributed by atoms with Crippen LogP contribution in [0.3, 0.4) is 0 Å². The van der Waals surface area contributed by atoms with Gasteiger partial charge in [-0.3, -0.25) is 0 Å². The molecule has 4 heterocycles. The van der Waals surface area contributed by atoms with Crippen LogP contribution in [0.4, 0.5) is 0 Å². The molecule has 302 valence electrons. The minimum absolute atomic E-state index is 0.544. The van der Waals surface area contributed by atoms with E-state index < -0.39 is 0 Å². The molecule has 0 saturated heterocycles. The number of hydrogen-bond donors (Lipinski definition) is 0. The van der Waals surface area contributed by atoms with Gasteiger partial charge in [0.25, 0.3) is 0 Å². The third-order valence-electron chi connectivity index (χ3n) is 13.0. The highest BCUT2D eigenvalue weighted by Crippen LogP contribution is 2.43. The first-order chi connectivity index (χ1) is 32.2. The number of para-hydroxylation sites is 2. The topological polar surface area (TPSA) is 69.9 Å². The summed E-state index contributed by atoms with van der Waals surface area (Å²) in [5.74, 6) is 1.67. The molecule has 14 aromatic rings. The van der Waals surface area contributed by atoms with Crippen molar-refractivity contribution < 1.29 is 8.83 Å². The van der Waals surface area contributed by atoms with E-state index in [1.54, 1.807) is 0 Å². The molecule has 0 atom stereocenters. The lowest BCUT2D eigenvalue weighted by atomic mass is 10.0. The Morgan fingerprint density at radius 2 is 0.831 bits per heavy atom. The third kappa shape index (κ3) is 5.64. The summed E-state index contributed by atoms with van der Waals surface area (Å²) in [6, 6.07) is 72.3. The molecule has 0 N–H and O–H groups in total. The molecular formula is C59H34N4O2. The molecule has 0 radical (unpaired) electrons. The van der Waals surface area contributed by atoms with E-state index in [4.69, 9.17) is 23.8 Å². The number of aromatic nitrogens is 4. The van der Waals surface area contributed by atoms with Crippen LogP contribution in [0.25, 0.3) is 138 Å². The number of rotatable bonds is 5. The van der Waals surface area contributed by atoms with Gasteiger partial charge in [0.05, 0.1) is 16.7 Å². The molecule has 0 aliphatic rings. The quantitative estimate of drug-likeness (QED) is 0.173. The van der Waals surface area contributed by atoms with Gasteiger partial charge in [0.1, 0.15) is 22.3 Å². The van der Waals surface area contributed by atoms with Crippen LogP contribution in [-0.4, -0.2) is 19.5 Å². The second-order valence-corrected chi connectivity index (χ2v) is 16.8. The van der Waals surface area contributed by atoms with Crippen molar-refractivity contribution in [3.8, 4) is 51.0 Å². The van der Waals surface area contributed by atoms with Crippen LogP contribution in [-0.2, 0) is 0 Å². The Labute approximate surface area is 371 Å². The molecule has 4 aromatic heterocycles. The van der Waals surface area contributed by atoms with E-state index in [-0.39, 0.29) is 0 Å². The van der Waals surface area contributed by atoms with Gasteiger partial charge in [0.2, 0.25) is 0 Å². The lowest BCUT2D eigenvalue weighted by Gasteiger charge is -2.13. The smallest absolute Gasteiger partial charge is 0.164 e. The zero-order chi connectivity index (χ0) is 42.6. The minimum atomic E-state index is 0.544. The molecule has 0 unspecified atom stereocenters. The van der Waals surface area contributed by atoms with Gasteiger partial charge in [-0.1, -0.05) is 133 Å². The van der Waals surface area contributed by atoms with Crippen molar-refractivity contribution in [2.24, 2.45) is 0 Å². The summed E-state index contributed by atoms with van der Waals surface area (Å²) in [6.45, 7) is 0. The summed E-state index contributed by atoms with van der Waals surface area (Å²) < 4.78 is 15.4. The summed E-state index contributed by atoms with van der Waals surface area (Å²) in [6.07, 6.45) is 0. The highest BCUT2D eigenvalue weighted by molar-refractivity contribution is 6.18. The first-order valence-corrected chi connectivity index (χ1v) is 21.8. The van der Waals surface area contributed by atoms with E-state index in [2.05, 4.69) is 162 Å². The predicted molar refractivity (Wildman–Crippen MR) is 265 cm³/mol. The Morgan fingerprint density at radius 3 is 1.54 bits per heavy atom. The van der Waals surface area contributed by atoms with Crippen LogP contribution in [0.2, 0.25) is 0 Å². The fraction of sp³-hybridized carbons (Fsp3) is 0. The number of fused-ring (bicyclic) bond motifs is 11. The minimum Gasteiger partial charge on any atom is -0.456 e. The molecule has 0 spiro atoms. The van der Waals surface area contributed by atoms with Gasteiger partial charge in [-0.15, -0.1) is 0 Å². The zero-order valence-corrected chi connectivity index (χ0v) is 34.7. The van der Waals surface area contributed by atoms with E-state index in [1.165, 1.54) is 32.3 Å². The van der Waals surface area contributed by atoms with E-state index in [0.717, 1.165) is 88.4 Å². The average molecular weight is 831 g/mol. The van der Waals surface area contributed by atoms with Crippen molar-refractivity contribution in [1.29, 1.82) is 0 Å². The lowest BCUT2D eigenvalue weighted by Crippen LogP contribution is -2.02. The molecule has 0 amide bonds. The summed E-state index contributed by atoms with van der Waals surface area (Å²) in [7, 11) is 0. The SMILES string of the molecule is c1ccc(-c2cccc(-c3nc(-c4ccc5oc6ccccc6c5c4)nc(-c4cc(-n5c6cc7ccccc7cc6c6cc7ccccc7cc65)cc5oc6ccccc6c45)n3)c2)cc1. The van der Waals surface area contributed by atoms with E-state index in [1.807, 2.05) is 48.5 Å². The Balaban J connectivity index is 1.07. The maximum Gasteiger partial charge on any atom is 0.164 e. The predicted octanol–water partition coefficient (Wildman–Crippen LogP) is 15.7. The van der Waals surface area contributed by atoms with Crippen molar-refractivity contribution in [3.63, 3.8) is 0 Å². The highest BCUT2D eigenvalue weighted by atomic mass is 16.3. The molecule has 0 bridgehead atoms. The lowest BCUT2D eigenvalue weighted by molar-refractivity contribution is 0.668. The van der Waals surface area contributed by atoms with Gasteiger partial charge < -0.3 is 13.4 Å². The maximum atomic E-state index is 6.80. The van der Waals surface area contributed by atoms with Gasteiger partial charge >= 0.3 is 0 Å². The zero-order valence-electron chi connectivity index (χ0n) is 34.7. The van der Waals surface area contributed by atoms with Crippen LogP contribution >= 0.6 is 0 Å². The molecule has 14 rings (SSSR count). The molecule has 0 saturated carbocycles. The van der Waals surface area contributed by atoms with E-state index >= 15 is 0 Å². The first-order valence-electron chi connectivity index (χ1n) is 21.8. The van der Waals surface area contributed by atoms with Crippen LogP contribution < -0.4 is 0 Å². The molecule has 0 fully saturated rings. The number of nitrogens with zero attached hydrogens (tertiary/aromatic N) is 4. The van der Waals surface area contributed by atoms with Gasteiger partial charge in [-0.25, -0.2) is 15.0 Å². The second kappa shape index (κ2) is 13.8. The van der Waals surface area contributed by atoms with E-state index in [9.17, 15) is 0 Å². The largest absolute Gasteiger partial charge is 0.456 e. The fourth-order valence-electron chi connectivity index (χ4n) is 9.90. The Bertz CT molecular complexity index is 4160. The van der Waals surface area contributed by atoms with Crippen LogP contribution in [0, 0.1) is 0 Å². The van der Waals surface area contributed by atoms with Crippen LogP contribution in [0.5, 0.6) is 0 Å². The maximum absolute atomic E-state index is 6.80. The Morgan fingerprint density at radius 1 is 0.308 bits per heavy atom. The molecule has 0 aliphatic carbocycles. The Hall–Kier alpha value is -8.87. The molecular weight excluding hydrogens is 797 g/mol. The molecule has 0 aliphatic heterocycles. The molecule has 6 heteroatoms. The van der Waals surface area contributed by atoms with Gasteiger partial charge in [0.15, 0.2) is 17.5 Å². The van der Waals surface area contributed by atoms with Crippen molar-refractivity contribution in [3.05, 3.63) is 206 Å². The standard InChI is InChI=1S/C59H34N4O2/c1-2-13-35(14-3-1)36-19-12-20-41(27-36)57-60-58(42-25-26-54-48(30-42)44-21-8-10-23-52(44)64-54)62-59(61-57)49-33-43(34-55-56(49)45-22-9-11-24-53(45)65-55)63-50-31-39-17-6-4-15-37(39)28-46(50)47-29-38-16-5-7-18-40(38)32-51(47)63/h1-34H. The van der Waals surface area contributed by atoms with Crippen molar-refractivity contribution in [2.75, 3.05) is 0 Å². The normalized spacial score (nSPS) is 12.0. The number of furan rings is 2. The summed E-state index contributed by atoms with van der Waals surface area (Å²) >= 11 is 0. The summed E-state index contributed by atoms with van der Waals surface area (Å²) in [5, 5.41) is 11.1. The summed E-state index contributed by atoms with van der Waals surface area (Å²) in [4.78, 5) is 16.1. The van der Waals surface area contributed by atoms with Gasteiger partial charge in [-0.2, -0.15) is 0 Å². The van der Waals surface area contributed by atoms with Crippen molar-refractivity contribution in [1.82, 2.24) is 19.5 Å². The van der Waals surface area contributed by atoms with Crippen LogP contribution in [0.1, 0.15) is 0 Å². The number of hydrogen-bond acceptors (Lipinski definition) is 5. The monoisotopic (exact) mass is 830 g/mol. The fourth-order valence-corrected chi connectivity index (χ4v) is 9.90. The van der Waals surface area contributed by atoms with Crippen molar-refractivity contribution >= 4 is 87.2 Å². The average Bonchev–Trinajstić information content (AvgIpc) is 4.03. The highest BCUT2D eigenvalue weighted by Gasteiger charge is 2.23. The van der Waals surface area contributed by atoms with Gasteiger partial charge in [0, 0.05) is 55.1 Å². The molecule has 65 heavy (non-hydrogen) atoms. The van der Waals surface area contributed by atoms with Crippen molar-refractivity contribution in [2.45, 2.75) is 0 Å². The third-order valence-corrected chi connectivity index (χ3v) is 13.0. The Kier molecular flexibility index (Phi) is 7.59. The molecule has 6 nitrogen and oxygen atoms in total. The van der Waals surface area contributed by atoms with Gasteiger partial charge in [-0.05, 0) is 99.4 Å². The molecule has 10 aromatic carbocycles. The van der Waals surface area contributed by atoms with Crippen LogP contribution in [0.15, 0.2) is 215 Å². The second-order valence-electron chi connectivity index (χ2n) is 16.8. The number of benzene rings is 10.